The fourth-order valence-corrected chi connectivity index (χ4v) is 8.23. The van der Waals surface area contributed by atoms with Crippen LogP contribution in [0.5, 0.6) is 0 Å². The van der Waals surface area contributed by atoms with Crippen molar-refractivity contribution in [1.29, 1.82) is 0 Å². The molecule has 0 fully saturated rings. The van der Waals surface area contributed by atoms with Crippen LogP contribution in [0.2, 0.25) is 0 Å². The number of para-hydroxylation sites is 1. The highest BCUT2D eigenvalue weighted by atomic mass is 16.3. The minimum Gasteiger partial charge on any atom is -0.456 e. The number of fused-ring (bicyclic) bond motifs is 6. The molecule has 0 spiro atoms. The van der Waals surface area contributed by atoms with Crippen molar-refractivity contribution in [1.82, 2.24) is 9.97 Å². The molecule has 0 aliphatic heterocycles. The summed E-state index contributed by atoms with van der Waals surface area (Å²) in [6.45, 7) is 0. The second-order valence-electron chi connectivity index (χ2n) is 14.6. The third-order valence-electron chi connectivity index (χ3n) is 11.1. The summed E-state index contributed by atoms with van der Waals surface area (Å²) in [5.74, 6) is 0.681. The van der Waals surface area contributed by atoms with Gasteiger partial charge in [0.25, 0.3) is 0 Å². The van der Waals surface area contributed by atoms with Crippen molar-refractivity contribution in [3.8, 4) is 67.3 Å². The van der Waals surface area contributed by atoms with E-state index in [0.717, 1.165) is 83.4 Å². The highest BCUT2D eigenvalue weighted by molar-refractivity contribution is 6.09. The summed E-state index contributed by atoms with van der Waals surface area (Å²) in [6, 6.07) is 72.9. The van der Waals surface area contributed by atoms with Gasteiger partial charge in [0.2, 0.25) is 0 Å². The summed E-state index contributed by atoms with van der Waals surface area (Å²) in [5, 5.41) is 7.18. The predicted molar refractivity (Wildman–Crippen MR) is 237 cm³/mol. The normalized spacial score (nSPS) is 11.5. The van der Waals surface area contributed by atoms with E-state index >= 15 is 0 Å². The summed E-state index contributed by atoms with van der Waals surface area (Å²) >= 11 is 0. The molecule has 0 bridgehead atoms. The first kappa shape index (κ1) is 32.8. The maximum atomic E-state index is 6.20. The third kappa shape index (κ3) is 5.94. The maximum absolute atomic E-state index is 6.20. The molecule has 0 atom stereocenters. The Morgan fingerprint density at radius 2 is 0.877 bits per heavy atom. The first-order valence-electron chi connectivity index (χ1n) is 19.3. The van der Waals surface area contributed by atoms with Gasteiger partial charge in [0, 0.05) is 27.5 Å². The van der Waals surface area contributed by atoms with Crippen LogP contribution in [0.1, 0.15) is 0 Å². The van der Waals surface area contributed by atoms with Crippen molar-refractivity contribution in [2.45, 2.75) is 0 Å². The molecule has 0 saturated heterocycles. The minimum absolute atomic E-state index is 0.681. The van der Waals surface area contributed by atoms with Gasteiger partial charge in [-0.2, -0.15) is 0 Å². The second kappa shape index (κ2) is 13.6. The first-order chi connectivity index (χ1) is 28.2. The van der Waals surface area contributed by atoms with Gasteiger partial charge in [-0.25, -0.2) is 9.97 Å². The van der Waals surface area contributed by atoms with E-state index in [4.69, 9.17) is 14.4 Å². The summed E-state index contributed by atoms with van der Waals surface area (Å²) < 4.78 is 6.20. The average molecular weight is 727 g/mol. The van der Waals surface area contributed by atoms with Crippen molar-refractivity contribution >= 4 is 43.5 Å². The molecule has 11 rings (SSSR count). The van der Waals surface area contributed by atoms with E-state index in [2.05, 4.69) is 176 Å². The number of hydrogen-bond donors (Lipinski definition) is 0. The Bertz CT molecular complexity index is 3290. The molecule has 266 valence electrons. The van der Waals surface area contributed by atoms with Gasteiger partial charge in [0.15, 0.2) is 5.82 Å². The van der Waals surface area contributed by atoms with Crippen LogP contribution in [0.3, 0.4) is 0 Å². The van der Waals surface area contributed by atoms with Gasteiger partial charge in [-0.3, -0.25) is 0 Å². The lowest BCUT2D eigenvalue weighted by atomic mass is 9.92. The zero-order valence-corrected chi connectivity index (χ0v) is 30.9. The molecular formula is C54H34N2O. The molecule has 0 N–H and O–H groups in total. The van der Waals surface area contributed by atoms with Crippen LogP contribution in [-0.2, 0) is 0 Å². The van der Waals surface area contributed by atoms with E-state index < -0.39 is 0 Å². The van der Waals surface area contributed by atoms with Crippen LogP contribution in [0.25, 0.3) is 111 Å². The molecule has 0 radical (unpaired) electrons. The Morgan fingerprint density at radius 1 is 0.281 bits per heavy atom. The molecule has 11 aromatic rings. The zero-order chi connectivity index (χ0) is 37.7. The Labute approximate surface area is 330 Å². The highest BCUT2D eigenvalue weighted by Gasteiger charge is 2.17. The van der Waals surface area contributed by atoms with E-state index in [1.807, 2.05) is 30.3 Å². The van der Waals surface area contributed by atoms with Crippen LogP contribution in [-0.4, -0.2) is 9.97 Å². The molecule has 0 aliphatic carbocycles. The van der Waals surface area contributed by atoms with E-state index in [1.54, 1.807) is 0 Å². The van der Waals surface area contributed by atoms with E-state index in [-0.39, 0.29) is 0 Å². The van der Waals surface area contributed by atoms with Gasteiger partial charge in [0.05, 0.1) is 11.4 Å². The van der Waals surface area contributed by atoms with Crippen LogP contribution in [0.4, 0.5) is 0 Å². The lowest BCUT2D eigenvalue weighted by Crippen LogP contribution is -1.97. The van der Waals surface area contributed by atoms with Crippen molar-refractivity contribution < 1.29 is 4.42 Å². The molecule has 0 unspecified atom stereocenters. The maximum Gasteiger partial charge on any atom is 0.160 e. The van der Waals surface area contributed by atoms with Crippen LogP contribution >= 0.6 is 0 Å². The van der Waals surface area contributed by atoms with Crippen LogP contribution in [0.15, 0.2) is 211 Å². The van der Waals surface area contributed by atoms with E-state index in [1.165, 1.54) is 21.5 Å². The average Bonchev–Trinajstić information content (AvgIpc) is 3.67. The largest absolute Gasteiger partial charge is 0.456 e. The number of hydrogen-bond acceptors (Lipinski definition) is 3. The van der Waals surface area contributed by atoms with Gasteiger partial charge < -0.3 is 4.42 Å². The smallest absolute Gasteiger partial charge is 0.160 e. The lowest BCUT2D eigenvalue weighted by Gasteiger charge is -2.15. The first-order valence-corrected chi connectivity index (χ1v) is 19.3. The topological polar surface area (TPSA) is 38.9 Å². The zero-order valence-electron chi connectivity index (χ0n) is 30.9. The van der Waals surface area contributed by atoms with Gasteiger partial charge in [-0.15, -0.1) is 0 Å². The monoisotopic (exact) mass is 726 g/mol. The molecule has 2 aromatic heterocycles. The van der Waals surface area contributed by atoms with Gasteiger partial charge in [0.1, 0.15) is 11.2 Å². The molecule has 3 nitrogen and oxygen atoms in total. The fourth-order valence-electron chi connectivity index (χ4n) is 8.23. The van der Waals surface area contributed by atoms with Crippen LogP contribution < -0.4 is 0 Å². The number of benzene rings is 9. The Hall–Kier alpha value is -7.62. The number of rotatable bonds is 6. The van der Waals surface area contributed by atoms with Gasteiger partial charge in [-0.1, -0.05) is 158 Å². The quantitative estimate of drug-likeness (QED) is 0.160. The van der Waals surface area contributed by atoms with E-state index in [0.29, 0.717) is 5.82 Å². The minimum atomic E-state index is 0.681. The number of aromatic nitrogens is 2. The van der Waals surface area contributed by atoms with Crippen LogP contribution in [0, 0.1) is 0 Å². The lowest BCUT2D eigenvalue weighted by molar-refractivity contribution is 0.669. The third-order valence-corrected chi connectivity index (χ3v) is 11.1. The van der Waals surface area contributed by atoms with Crippen molar-refractivity contribution in [3.63, 3.8) is 0 Å². The molecule has 57 heavy (non-hydrogen) atoms. The molecule has 9 aromatic carbocycles. The Kier molecular flexibility index (Phi) is 7.82. The molecule has 2 heterocycles. The van der Waals surface area contributed by atoms with Gasteiger partial charge >= 0.3 is 0 Å². The molecule has 3 heteroatoms. The predicted octanol–water partition coefficient (Wildman–Crippen LogP) is 14.7. The number of furan rings is 1. The number of nitrogens with zero attached hydrogens (tertiary/aromatic N) is 2. The summed E-state index contributed by atoms with van der Waals surface area (Å²) in [6.07, 6.45) is 0. The molecule has 0 aliphatic rings. The molecular weight excluding hydrogens is 693 g/mol. The Balaban J connectivity index is 1.11. The fraction of sp³-hybridized carbons (Fsp3) is 0. The molecule has 0 saturated carbocycles. The van der Waals surface area contributed by atoms with Crippen molar-refractivity contribution in [3.05, 3.63) is 206 Å². The van der Waals surface area contributed by atoms with Crippen molar-refractivity contribution in [2.75, 3.05) is 0 Å². The summed E-state index contributed by atoms with van der Waals surface area (Å²) in [7, 11) is 0. The summed E-state index contributed by atoms with van der Waals surface area (Å²) in [5.41, 5.74) is 13.3. The summed E-state index contributed by atoms with van der Waals surface area (Å²) in [4.78, 5) is 10.6. The molecule has 0 amide bonds. The standard InChI is InChI=1S/C54H34N2O/c1-3-13-35(14-4-1)41-30-42(38-26-28-53-49(33-38)48-21-11-12-22-52(48)57-53)32-43(31-41)50-34-51(56-54(55-50)37-16-5-2-6-17-37)47-20-10-9-19-45(47)40-25-27-46-39(29-40)24-23-36-15-7-8-18-44(36)46/h1-34H. The van der Waals surface area contributed by atoms with Gasteiger partial charge in [-0.05, 0) is 103 Å². The highest BCUT2D eigenvalue weighted by Crippen LogP contribution is 2.39. The van der Waals surface area contributed by atoms with Crippen molar-refractivity contribution in [2.24, 2.45) is 0 Å². The Morgan fingerprint density at radius 3 is 1.72 bits per heavy atom. The second-order valence-corrected chi connectivity index (χ2v) is 14.6. The van der Waals surface area contributed by atoms with E-state index in [9.17, 15) is 0 Å². The SMILES string of the molecule is c1ccc(-c2cc(-c3ccc4oc5ccccc5c4c3)cc(-c3cc(-c4ccccc4-c4ccc5c(ccc6ccccc65)c4)nc(-c4ccccc4)n3)c2)cc1.